The second-order valence-electron chi connectivity index (χ2n) is 8.26. The van der Waals surface area contributed by atoms with Crippen LogP contribution < -0.4 is 4.74 Å². The summed E-state index contributed by atoms with van der Waals surface area (Å²) in [4.78, 5) is -1.26. The maximum Gasteiger partial charge on any atom is 0.501 e. The van der Waals surface area contributed by atoms with Gasteiger partial charge in [0.25, 0.3) is 9.84 Å². The normalized spacial score (nSPS) is 18.5. The fourth-order valence-electron chi connectivity index (χ4n) is 3.11. The average Bonchev–Trinajstić information content (AvgIpc) is 3.02. The molecule has 2 atom stereocenters. The Kier molecular flexibility index (Phi) is 6.73. The van der Waals surface area contributed by atoms with Gasteiger partial charge in [-0.05, 0) is 45.0 Å². The highest BCUT2D eigenvalue weighted by atomic mass is 32.2. The first-order valence-electron chi connectivity index (χ1n) is 9.57. The van der Waals surface area contributed by atoms with Crippen LogP contribution in [0, 0.1) is 17.1 Å². The highest BCUT2D eigenvalue weighted by Gasteiger charge is 2.51. The van der Waals surface area contributed by atoms with E-state index in [1.54, 1.807) is 6.07 Å². The number of ether oxygens (including phenoxy) is 1. The molecule has 0 radical (unpaired) electrons. The molecule has 6 nitrogen and oxygen atoms in total. The maximum atomic E-state index is 15.0. The molecule has 0 saturated carbocycles. The van der Waals surface area contributed by atoms with Gasteiger partial charge in [-0.15, -0.1) is 0 Å². The van der Waals surface area contributed by atoms with Crippen LogP contribution in [0.15, 0.2) is 39.6 Å². The minimum atomic E-state index is -5.94. The van der Waals surface area contributed by atoms with Gasteiger partial charge in [-0.1, -0.05) is 4.40 Å². The number of benzene rings is 2. The Balaban J connectivity index is 2.26. The van der Waals surface area contributed by atoms with Crippen molar-refractivity contribution in [3.8, 4) is 17.6 Å². The van der Waals surface area contributed by atoms with Crippen LogP contribution in [0.1, 0.15) is 37.5 Å². The second-order valence-corrected chi connectivity index (χ2v) is 12.1. The summed E-state index contributed by atoms with van der Waals surface area (Å²) < 4.78 is 114. The number of rotatable bonds is 4. The third-order valence-corrected chi connectivity index (χ3v) is 7.63. The topological polar surface area (TPSA) is 103 Å². The number of halogens is 5. The molecule has 13 heteroatoms. The van der Waals surface area contributed by atoms with Crippen LogP contribution >= 0.6 is 0 Å². The molecule has 1 aliphatic rings. The number of nitrogens with zero attached hydrogens (tertiary/aromatic N) is 2. The van der Waals surface area contributed by atoms with Gasteiger partial charge in [0.05, 0.1) is 16.5 Å². The summed E-state index contributed by atoms with van der Waals surface area (Å²) in [6.45, 7) is 4.50. The summed E-state index contributed by atoms with van der Waals surface area (Å²) in [6.07, 6.45) is -2.69. The van der Waals surface area contributed by atoms with Crippen molar-refractivity contribution >= 4 is 26.9 Å². The van der Waals surface area contributed by atoms with E-state index in [1.165, 1.54) is 20.8 Å². The van der Waals surface area contributed by atoms with Gasteiger partial charge in [0.15, 0.2) is 6.17 Å². The fourth-order valence-corrected chi connectivity index (χ4v) is 4.76. The molecule has 0 heterocycles. The van der Waals surface area contributed by atoms with Crippen LogP contribution in [-0.4, -0.2) is 35.1 Å². The lowest BCUT2D eigenvalue weighted by molar-refractivity contribution is -0.0436. The molecule has 1 aliphatic carbocycles. The van der Waals surface area contributed by atoms with Crippen molar-refractivity contribution in [3.05, 3.63) is 52.8 Å². The molecule has 34 heavy (non-hydrogen) atoms. The van der Waals surface area contributed by atoms with Crippen LogP contribution in [0.3, 0.4) is 0 Å². The van der Waals surface area contributed by atoms with Crippen molar-refractivity contribution in [2.75, 3.05) is 0 Å². The number of hydrogen-bond donors (Lipinski definition) is 0. The number of sulfone groups is 1. The lowest BCUT2D eigenvalue weighted by Crippen LogP contribution is -2.29. The third kappa shape index (κ3) is 4.89. The number of nitriles is 1. The maximum absolute atomic E-state index is 15.0. The molecule has 0 bridgehead atoms. The predicted octanol–water partition coefficient (Wildman–Crippen LogP) is 4.93. The molecular weight excluding hydrogens is 503 g/mol. The second kappa shape index (κ2) is 8.83. The van der Waals surface area contributed by atoms with Gasteiger partial charge in [0, 0.05) is 23.6 Å². The van der Waals surface area contributed by atoms with Gasteiger partial charge in [0.2, 0.25) is 0 Å². The minimum absolute atomic E-state index is 0.117. The van der Waals surface area contributed by atoms with E-state index < -0.39 is 66.0 Å². The van der Waals surface area contributed by atoms with Gasteiger partial charge >= 0.3 is 5.51 Å². The Bertz CT molecular complexity index is 1310. The van der Waals surface area contributed by atoms with Crippen LogP contribution in [0.4, 0.5) is 22.0 Å². The fraction of sp³-hybridized carbons (Fsp3) is 0.333. The molecule has 0 aromatic heterocycles. The lowest BCUT2D eigenvalue weighted by atomic mass is 10.1. The van der Waals surface area contributed by atoms with E-state index in [2.05, 4.69) is 4.40 Å². The molecule has 0 aliphatic heterocycles. The largest absolute Gasteiger partial charge is 0.591 e. The number of alkyl halides is 4. The first-order chi connectivity index (χ1) is 15.6. The van der Waals surface area contributed by atoms with E-state index in [0.717, 1.165) is 24.3 Å². The summed E-state index contributed by atoms with van der Waals surface area (Å²) in [5, 5.41) is 8.99. The van der Waals surface area contributed by atoms with Crippen molar-refractivity contribution in [1.82, 2.24) is 0 Å². The van der Waals surface area contributed by atoms with E-state index in [4.69, 9.17) is 10.00 Å². The Labute approximate surface area is 195 Å². The molecular formula is C21H17F5N2O4S2. The molecule has 0 fully saturated rings. The van der Waals surface area contributed by atoms with Gasteiger partial charge in [0.1, 0.15) is 39.1 Å². The SMILES string of the molecule is CC(C)(C)[S+]([O-])/N=C1/c2c(S(=O)(=O)C(F)(F)F)ccc(Oc3cc(F)cc(C#N)c3)c2CC1F. The Hall–Kier alpha value is -2.69. The monoisotopic (exact) mass is 520 g/mol. The van der Waals surface area contributed by atoms with Crippen molar-refractivity contribution in [2.24, 2.45) is 4.40 Å². The van der Waals surface area contributed by atoms with Gasteiger partial charge in [-0.25, -0.2) is 17.2 Å². The molecule has 0 amide bonds. The van der Waals surface area contributed by atoms with Crippen LogP contribution in [0.25, 0.3) is 0 Å². The predicted molar refractivity (Wildman–Crippen MR) is 114 cm³/mol. The summed E-state index contributed by atoms with van der Waals surface area (Å²) >= 11 is -2.12. The van der Waals surface area contributed by atoms with E-state index in [9.17, 15) is 34.9 Å². The Morgan fingerprint density at radius 3 is 2.41 bits per heavy atom. The van der Waals surface area contributed by atoms with Crippen LogP contribution in [-0.2, 0) is 27.6 Å². The zero-order valence-electron chi connectivity index (χ0n) is 17.9. The molecule has 2 unspecified atom stereocenters. The van der Waals surface area contributed by atoms with Gasteiger partial charge in [-0.3, -0.25) is 0 Å². The summed E-state index contributed by atoms with van der Waals surface area (Å²) in [5.74, 6) is -1.32. The smallest absolute Gasteiger partial charge is 0.501 e. The summed E-state index contributed by atoms with van der Waals surface area (Å²) in [7, 11) is -5.94. The molecule has 0 saturated heterocycles. The average molecular weight is 521 g/mol. The zero-order valence-corrected chi connectivity index (χ0v) is 19.5. The van der Waals surface area contributed by atoms with E-state index in [1.807, 2.05) is 0 Å². The van der Waals surface area contributed by atoms with Gasteiger partial charge in [-0.2, -0.15) is 18.4 Å². The van der Waals surface area contributed by atoms with Crippen LogP contribution in [0.5, 0.6) is 11.5 Å². The summed E-state index contributed by atoms with van der Waals surface area (Å²) in [6, 6.07) is 6.11. The first-order valence-corrected chi connectivity index (χ1v) is 12.2. The molecule has 0 N–H and O–H groups in total. The third-order valence-electron chi connectivity index (χ3n) is 4.70. The highest BCUT2D eigenvalue weighted by molar-refractivity contribution is 7.92. The summed E-state index contributed by atoms with van der Waals surface area (Å²) in [5.41, 5.74) is -7.50. The quantitative estimate of drug-likeness (QED) is 0.420. The van der Waals surface area contributed by atoms with Gasteiger partial charge < -0.3 is 9.29 Å². The zero-order chi connectivity index (χ0) is 25.6. The Morgan fingerprint density at radius 2 is 1.85 bits per heavy atom. The van der Waals surface area contributed by atoms with E-state index in [-0.39, 0.29) is 22.6 Å². The standard InChI is InChI=1S/C21H17F5N2O4S2/c1-20(2,3)33(29)28-19-15(23)9-14-16(32-13-7-11(10-27)6-12(22)8-13)4-5-17(18(14)19)34(30,31)21(24,25)26/h4-8,15H,9H2,1-3H3/b28-19+. The van der Waals surface area contributed by atoms with E-state index in [0.29, 0.717) is 6.07 Å². The molecule has 2 aromatic rings. The minimum Gasteiger partial charge on any atom is -0.591 e. The molecule has 0 spiro atoms. The molecule has 182 valence electrons. The van der Waals surface area contributed by atoms with Crippen molar-refractivity contribution in [1.29, 1.82) is 5.26 Å². The highest BCUT2D eigenvalue weighted by Crippen LogP contribution is 2.43. The van der Waals surface area contributed by atoms with Crippen molar-refractivity contribution in [3.63, 3.8) is 0 Å². The number of fused-ring (bicyclic) bond motifs is 1. The molecule has 2 aromatic carbocycles. The van der Waals surface area contributed by atoms with Crippen molar-refractivity contribution in [2.45, 2.75) is 48.5 Å². The van der Waals surface area contributed by atoms with E-state index >= 15 is 0 Å². The molecule has 3 rings (SSSR count). The lowest BCUT2D eigenvalue weighted by Gasteiger charge is -2.20. The number of hydrogen-bond acceptors (Lipinski definition) is 6. The Morgan fingerprint density at radius 1 is 1.21 bits per heavy atom. The van der Waals surface area contributed by atoms with Crippen LogP contribution in [0.2, 0.25) is 0 Å². The first kappa shape index (κ1) is 25.9. The van der Waals surface area contributed by atoms with Crippen molar-refractivity contribution < 1.29 is 39.7 Å².